The number of amides is 2. The number of ether oxygens (including phenoxy) is 1. The number of carboxylic acids is 1. The highest BCUT2D eigenvalue weighted by Gasteiger charge is 2.43. The first-order valence-electron chi connectivity index (χ1n) is 6.74. The van der Waals surface area contributed by atoms with E-state index in [0.717, 1.165) is 0 Å². The van der Waals surface area contributed by atoms with Gasteiger partial charge in [-0.3, -0.25) is 4.79 Å². The molecular weight excluding hydrogens is 248 g/mol. The van der Waals surface area contributed by atoms with Crippen LogP contribution in [0.2, 0.25) is 0 Å². The number of rotatable bonds is 1. The van der Waals surface area contributed by atoms with Crippen molar-refractivity contribution in [3.8, 4) is 0 Å². The largest absolute Gasteiger partial charge is 0.481 e. The molecule has 2 fully saturated rings. The zero-order valence-electron chi connectivity index (χ0n) is 11.8. The van der Waals surface area contributed by atoms with Crippen LogP contribution < -0.4 is 0 Å². The molecule has 1 N–H and O–H groups in total. The van der Waals surface area contributed by atoms with Gasteiger partial charge in [0, 0.05) is 26.2 Å². The van der Waals surface area contributed by atoms with Gasteiger partial charge < -0.3 is 19.6 Å². The maximum absolute atomic E-state index is 12.4. The SMILES string of the molecule is CC1CN(C(=O)N2CCC(C)(C(=O)O)C2)CC(C)O1. The lowest BCUT2D eigenvalue weighted by molar-refractivity contribution is -0.147. The van der Waals surface area contributed by atoms with Gasteiger partial charge in [0.05, 0.1) is 17.6 Å². The Kier molecular flexibility index (Phi) is 3.71. The molecule has 0 aromatic rings. The van der Waals surface area contributed by atoms with Gasteiger partial charge >= 0.3 is 12.0 Å². The van der Waals surface area contributed by atoms with E-state index in [2.05, 4.69) is 0 Å². The Morgan fingerprint density at radius 3 is 2.26 bits per heavy atom. The molecule has 0 aliphatic carbocycles. The molecule has 2 saturated heterocycles. The molecule has 2 rings (SSSR count). The molecule has 0 radical (unpaired) electrons. The molecule has 2 heterocycles. The van der Waals surface area contributed by atoms with Crippen molar-refractivity contribution in [2.24, 2.45) is 5.41 Å². The molecule has 6 heteroatoms. The Labute approximate surface area is 113 Å². The van der Waals surface area contributed by atoms with Gasteiger partial charge in [0.25, 0.3) is 0 Å². The predicted molar refractivity (Wildman–Crippen MR) is 68.9 cm³/mol. The summed E-state index contributed by atoms with van der Waals surface area (Å²) < 4.78 is 5.60. The highest BCUT2D eigenvalue weighted by atomic mass is 16.5. The summed E-state index contributed by atoms with van der Waals surface area (Å²) in [7, 11) is 0. The minimum Gasteiger partial charge on any atom is -0.481 e. The summed E-state index contributed by atoms with van der Waals surface area (Å²) in [5.41, 5.74) is -0.806. The zero-order chi connectivity index (χ0) is 14.2. The second kappa shape index (κ2) is 5.00. The van der Waals surface area contributed by atoms with E-state index in [1.165, 1.54) is 0 Å². The second-order valence-electron chi connectivity index (χ2n) is 5.98. The normalized spacial score (nSPS) is 35.5. The van der Waals surface area contributed by atoms with E-state index >= 15 is 0 Å². The summed E-state index contributed by atoms with van der Waals surface area (Å²) in [6.45, 7) is 7.55. The van der Waals surface area contributed by atoms with Crippen LogP contribution in [-0.4, -0.2) is 65.3 Å². The van der Waals surface area contributed by atoms with E-state index in [1.807, 2.05) is 13.8 Å². The van der Waals surface area contributed by atoms with Crippen LogP contribution in [-0.2, 0) is 9.53 Å². The zero-order valence-corrected chi connectivity index (χ0v) is 11.8. The summed E-state index contributed by atoms with van der Waals surface area (Å²) in [4.78, 5) is 27.0. The number of likely N-dealkylation sites (tertiary alicyclic amines) is 1. The van der Waals surface area contributed by atoms with Gasteiger partial charge in [0.2, 0.25) is 0 Å². The third-order valence-corrected chi connectivity index (χ3v) is 3.95. The van der Waals surface area contributed by atoms with Gasteiger partial charge in [-0.25, -0.2) is 4.79 Å². The molecule has 3 atom stereocenters. The average molecular weight is 270 g/mol. The number of nitrogens with zero attached hydrogens (tertiary/aromatic N) is 2. The second-order valence-corrected chi connectivity index (χ2v) is 5.98. The summed E-state index contributed by atoms with van der Waals surface area (Å²) in [5.74, 6) is -0.827. The molecule has 108 valence electrons. The van der Waals surface area contributed by atoms with Crippen LogP contribution in [0.1, 0.15) is 27.2 Å². The molecule has 2 amide bonds. The smallest absolute Gasteiger partial charge is 0.320 e. The van der Waals surface area contributed by atoms with Crippen molar-refractivity contribution in [1.29, 1.82) is 0 Å². The summed E-state index contributed by atoms with van der Waals surface area (Å²) >= 11 is 0. The minimum absolute atomic E-state index is 0.0289. The highest BCUT2D eigenvalue weighted by Crippen LogP contribution is 2.31. The van der Waals surface area contributed by atoms with Crippen molar-refractivity contribution in [2.45, 2.75) is 39.4 Å². The number of hydrogen-bond acceptors (Lipinski definition) is 3. The van der Waals surface area contributed by atoms with Crippen LogP contribution >= 0.6 is 0 Å². The van der Waals surface area contributed by atoms with Crippen molar-refractivity contribution in [2.75, 3.05) is 26.2 Å². The van der Waals surface area contributed by atoms with Crippen molar-refractivity contribution < 1.29 is 19.4 Å². The maximum Gasteiger partial charge on any atom is 0.320 e. The average Bonchev–Trinajstić information content (AvgIpc) is 2.71. The number of carboxylic acid groups (broad SMARTS) is 1. The van der Waals surface area contributed by atoms with Crippen LogP contribution in [0.25, 0.3) is 0 Å². The fraction of sp³-hybridized carbons (Fsp3) is 0.846. The van der Waals surface area contributed by atoms with Crippen LogP contribution in [0, 0.1) is 5.41 Å². The van der Waals surface area contributed by atoms with Gasteiger partial charge in [-0.2, -0.15) is 0 Å². The molecule has 0 saturated carbocycles. The molecular formula is C13H22N2O4. The number of carbonyl (C=O) groups is 2. The molecule has 0 aromatic carbocycles. The summed E-state index contributed by atoms with van der Waals surface area (Å²) in [5, 5.41) is 9.19. The highest BCUT2D eigenvalue weighted by molar-refractivity contribution is 5.79. The van der Waals surface area contributed by atoms with Crippen molar-refractivity contribution in [1.82, 2.24) is 9.80 Å². The lowest BCUT2D eigenvalue weighted by Gasteiger charge is -2.37. The van der Waals surface area contributed by atoms with Gasteiger partial charge in [0.15, 0.2) is 0 Å². The third kappa shape index (κ3) is 2.83. The van der Waals surface area contributed by atoms with Gasteiger partial charge in [-0.05, 0) is 27.2 Å². The predicted octanol–water partition coefficient (Wildman–Crippen LogP) is 1.01. The van der Waals surface area contributed by atoms with Crippen LogP contribution in [0.3, 0.4) is 0 Å². The number of urea groups is 1. The number of morpholine rings is 1. The van der Waals surface area contributed by atoms with E-state index < -0.39 is 11.4 Å². The number of carbonyl (C=O) groups excluding carboxylic acids is 1. The Balaban J connectivity index is 1.99. The van der Waals surface area contributed by atoms with Crippen LogP contribution in [0.5, 0.6) is 0 Å². The maximum atomic E-state index is 12.4. The molecule has 0 bridgehead atoms. The standard InChI is InChI=1S/C13H22N2O4/c1-9-6-15(7-10(2)19-9)12(18)14-5-4-13(3,8-14)11(16)17/h9-10H,4-8H2,1-3H3,(H,16,17). The Morgan fingerprint density at radius 1 is 1.21 bits per heavy atom. The van der Waals surface area contributed by atoms with E-state index in [1.54, 1.807) is 16.7 Å². The minimum atomic E-state index is -0.827. The molecule has 19 heavy (non-hydrogen) atoms. The van der Waals surface area contributed by atoms with Crippen molar-refractivity contribution >= 4 is 12.0 Å². The fourth-order valence-corrected chi connectivity index (χ4v) is 2.83. The molecule has 2 aliphatic rings. The molecule has 6 nitrogen and oxygen atoms in total. The molecule has 3 unspecified atom stereocenters. The first-order valence-corrected chi connectivity index (χ1v) is 6.74. The Bertz CT molecular complexity index is 377. The first kappa shape index (κ1) is 14.1. The molecule has 0 aromatic heterocycles. The van der Waals surface area contributed by atoms with E-state index in [-0.39, 0.29) is 18.2 Å². The van der Waals surface area contributed by atoms with Crippen molar-refractivity contribution in [3.05, 3.63) is 0 Å². The molecule has 0 spiro atoms. The topological polar surface area (TPSA) is 70.1 Å². The lowest BCUT2D eigenvalue weighted by atomic mass is 9.90. The molecule has 2 aliphatic heterocycles. The number of hydrogen-bond donors (Lipinski definition) is 1. The quantitative estimate of drug-likeness (QED) is 0.772. The summed E-state index contributed by atoms with van der Waals surface area (Å²) in [6, 6.07) is -0.0630. The fourth-order valence-electron chi connectivity index (χ4n) is 2.83. The van der Waals surface area contributed by atoms with E-state index in [9.17, 15) is 14.7 Å². The summed E-state index contributed by atoms with van der Waals surface area (Å²) in [6.07, 6.45) is 0.575. The Morgan fingerprint density at radius 2 is 1.79 bits per heavy atom. The number of aliphatic carboxylic acids is 1. The van der Waals surface area contributed by atoms with Gasteiger partial charge in [0.1, 0.15) is 0 Å². The van der Waals surface area contributed by atoms with Gasteiger partial charge in [-0.15, -0.1) is 0 Å². The Hall–Kier alpha value is -1.30. The van der Waals surface area contributed by atoms with Crippen LogP contribution in [0.15, 0.2) is 0 Å². The monoisotopic (exact) mass is 270 g/mol. The van der Waals surface area contributed by atoms with E-state index in [0.29, 0.717) is 32.6 Å². The van der Waals surface area contributed by atoms with Crippen LogP contribution in [0.4, 0.5) is 4.79 Å². The lowest BCUT2D eigenvalue weighted by Crippen LogP contribution is -2.52. The first-order chi connectivity index (χ1) is 8.82. The van der Waals surface area contributed by atoms with Crippen molar-refractivity contribution in [3.63, 3.8) is 0 Å². The van der Waals surface area contributed by atoms with E-state index in [4.69, 9.17) is 4.74 Å². The third-order valence-electron chi connectivity index (χ3n) is 3.95. The van der Waals surface area contributed by atoms with Gasteiger partial charge in [-0.1, -0.05) is 0 Å².